The Labute approximate surface area is 191 Å². The van der Waals surface area contributed by atoms with Crippen molar-refractivity contribution in [2.45, 2.75) is 19.8 Å². The summed E-state index contributed by atoms with van der Waals surface area (Å²) in [7, 11) is 0. The van der Waals surface area contributed by atoms with Crippen molar-refractivity contribution in [3.63, 3.8) is 0 Å². The first-order valence-corrected chi connectivity index (χ1v) is 10.5. The molecular weight excluding hydrogens is 448 g/mol. The van der Waals surface area contributed by atoms with Crippen molar-refractivity contribution in [1.82, 2.24) is 5.32 Å². The summed E-state index contributed by atoms with van der Waals surface area (Å²) in [5.74, 6) is -4.75. The van der Waals surface area contributed by atoms with Crippen LogP contribution in [-0.4, -0.2) is 28.6 Å². The Morgan fingerprint density at radius 1 is 1.03 bits per heavy atom. The van der Waals surface area contributed by atoms with E-state index >= 15 is 0 Å². The maximum Gasteiger partial charge on any atom is 0.336 e. The average Bonchev–Trinajstić information content (AvgIpc) is 2.79. The molecule has 3 N–H and O–H groups in total. The standard InChI is InChI=1S/C25H19F2NO6/c1-2-3-6-28-24(31)12-4-5-13(25(32)33)14(7-12)23-15-8-17(26)19(29)10-21(15)34-22-11-20(30)18(27)9-16(22)23/h4-5,7-11,29H,2-3,6H2,1H3,(H,28,31)(H,32,33). The summed E-state index contributed by atoms with van der Waals surface area (Å²) in [5.41, 5.74) is -1.10. The Morgan fingerprint density at radius 3 is 2.50 bits per heavy atom. The molecular formula is C25H19F2NO6. The SMILES string of the molecule is CCCCNC(=O)c1ccc(C(=O)O)c(-c2c3cc(F)c(=O)cc-3oc3cc(O)c(F)cc23)c1. The van der Waals surface area contributed by atoms with E-state index < -0.39 is 34.7 Å². The molecule has 0 atom stereocenters. The molecule has 0 aromatic heterocycles. The number of aromatic hydroxyl groups is 1. The van der Waals surface area contributed by atoms with E-state index in [4.69, 9.17) is 4.42 Å². The van der Waals surface area contributed by atoms with Crippen LogP contribution in [0.5, 0.6) is 5.75 Å². The number of carboxylic acids is 1. The second kappa shape index (κ2) is 8.93. The van der Waals surface area contributed by atoms with Gasteiger partial charge in [0.15, 0.2) is 17.4 Å². The van der Waals surface area contributed by atoms with Crippen molar-refractivity contribution in [2.75, 3.05) is 6.54 Å². The molecule has 0 saturated heterocycles. The molecule has 7 nitrogen and oxygen atoms in total. The highest BCUT2D eigenvalue weighted by Gasteiger charge is 2.25. The second-order valence-electron chi connectivity index (χ2n) is 7.73. The molecule has 0 unspecified atom stereocenters. The zero-order chi connectivity index (χ0) is 24.6. The van der Waals surface area contributed by atoms with Crippen molar-refractivity contribution >= 4 is 22.8 Å². The highest BCUT2D eigenvalue weighted by molar-refractivity contribution is 6.09. The van der Waals surface area contributed by atoms with Gasteiger partial charge in [-0.25, -0.2) is 13.6 Å². The molecule has 2 aliphatic rings. The number of unbranched alkanes of at least 4 members (excludes halogenated alkanes) is 1. The number of benzene rings is 3. The predicted octanol–water partition coefficient (Wildman–Crippen LogP) is 4.78. The molecule has 1 heterocycles. The van der Waals surface area contributed by atoms with Gasteiger partial charge in [0.05, 0.1) is 5.56 Å². The lowest BCUT2D eigenvalue weighted by atomic mass is 9.89. The molecule has 34 heavy (non-hydrogen) atoms. The first-order chi connectivity index (χ1) is 16.2. The number of halogens is 2. The number of amides is 1. The highest BCUT2D eigenvalue weighted by Crippen LogP contribution is 2.43. The van der Waals surface area contributed by atoms with Gasteiger partial charge >= 0.3 is 5.97 Å². The lowest BCUT2D eigenvalue weighted by Gasteiger charge is -2.18. The largest absolute Gasteiger partial charge is 0.505 e. The fourth-order valence-electron chi connectivity index (χ4n) is 3.75. The Bertz CT molecular complexity index is 1480. The molecule has 1 amide bonds. The smallest absolute Gasteiger partial charge is 0.336 e. The number of phenols is 1. The van der Waals surface area contributed by atoms with E-state index in [9.17, 15) is 33.4 Å². The average molecular weight is 467 g/mol. The molecule has 0 radical (unpaired) electrons. The van der Waals surface area contributed by atoms with Crippen LogP contribution in [0.15, 0.2) is 51.7 Å². The van der Waals surface area contributed by atoms with Gasteiger partial charge in [-0.3, -0.25) is 9.59 Å². The monoisotopic (exact) mass is 467 g/mol. The topological polar surface area (TPSA) is 117 Å². The molecule has 0 saturated carbocycles. The van der Waals surface area contributed by atoms with E-state index in [2.05, 4.69) is 5.32 Å². The van der Waals surface area contributed by atoms with Gasteiger partial charge in [0.1, 0.15) is 11.3 Å². The first kappa shape index (κ1) is 22.9. The van der Waals surface area contributed by atoms with E-state index in [1.165, 1.54) is 18.2 Å². The van der Waals surface area contributed by atoms with Gasteiger partial charge < -0.3 is 19.9 Å². The summed E-state index contributed by atoms with van der Waals surface area (Å²) in [6.45, 7) is 2.38. The summed E-state index contributed by atoms with van der Waals surface area (Å²) in [4.78, 5) is 36.6. The van der Waals surface area contributed by atoms with Crippen molar-refractivity contribution in [3.05, 3.63) is 75.4 Å². The van der Waals surface area contributed by atoms with Crippen LogP contribution in [0.25, 0.3) is 33.4 Å². The lowest BCUT2D eigenvalue weighted by Crippen LogP contribution is -2.24. The van der Waals surface area contributed by atoms with Gasteiger partial charge in [0.25, 0.3) is 5.91 Å². The number of carbonyl (C=O) groups excluding carboxylic acids is 1. The minimum Gasteiger partial charge on any atom is -0.505 e. The number of rotatable bonds is 6. The molecule has 2 aromatic rings. The van der Waals surface area contributed by atoms with Crippen molar-refractivity contribution in [1.29, 1.82) is 0 Å². The zero-order valence-electron chi connectivity index (χ0n) is 17.9. The van der Waals surface area contributed by atoms with E-state index in [-0.39, 0.29) is 44.5 Å². The molecule has 0 fully saturated rings. The van der Waals surface area contributed by atoms with Crippen LogP contribution in [0.2, 0.25) is 0 Å². The van der Waals surface area contributed by atoms with Gasteiger partial charge in [-0.2, -0.15) is 0 Å². The summed E-state index contributed by atoms with van der Waals surface area (Å²) >= 11 is 0. The minimum atomic E-state index is -1.34. The zero-order valence-corrected chi connectivity index (χ0v) is 17.9. The van der Waals surface area contributed by atoms with Crippen LogP contribution >= 0.6 is 0 Å². The molecule has 1 aliphatic heterocycles. The van der Waals surface area contributed by atoms with Crippen molar-refractivity contribution in [3.8, 4) is 28.2 Å². The molecule has 4 rings (SSSR count). The van der Waals surface area contributed by atoms with Crippen LogP contribution < -0.4 is 10.7 Å². The van der Waals surface area contributed by atoms with Crippen LogP contribution in [0.3, 0.4) is 0 Å². The summed E-state index contributed by atoms with van der Waals surface area (Å²) < 4.78 is 34.2. The third kappa shape index (κ3) is 4.07. The fourth-order valence-corrected chi connectivity index (χ4v) is 3.75. The van der Waals surface area contributed by atoms with E-state index in [0.717, 1.165) is 37.1 Å². The number of carbonyl (C=O) groups is 2. The Balaban J connectivity index is 2.08. The van der Waals surface area contributed by atoms with Gasteiger partial charge in [-0.1, -0.05) is 13.3 Å². The van der Waals surface area contributed by atoms with Crippen molar-refractivity contribution in [2.24, 2.45) is 0 Å². The van der Waals surface area contributed by atoms with E-state index in [1.807, 2.05) is 6.92 Å². The number of nitrogens with one attached hydrogen (secondary N) is 1. The van der Waals surface area contributed by atoms with Crippen LogP contribution in [-0.2, 0) is 0 Å². The summed E-state index contributed by atoms with van der Waals surface area (Å²) in [6, 6.07) is 7.54. The summed E-state index contributed by atoms with van der Waals surface area (Å²) in [5, 5.41) is 22.4. The maximum absolute atomic E-state index is 14.3. The quantitative estimate of drug-likeness (QED) is 0.278. The third-order valence-corrected chi connectivity index (χ3v) is 5.44. The molecule has 1 aliphatic carbocycles. The number of hydrogen-bond acceptors (Lipinski definition) is 5. The van der Waals surface area contributed by atoms with Crippen LogP contribution in [0.4, 0.5) is 8.78 Å². The number of aromatic carboxylic acids is 1. The van der Waals surface area contributed by atoms with Crippen molar-refractivity contribution < 1.29 is 33.0 Å². The fraction of sp³-hybridized carbons (Fsp3) is 0.160. The molecule has 174 valence electrons. The highest BCUT2D eigenvalue weighted by atomic mass is 19.1. The maximum atomic E-state index is 14.3. The van der Waals surface area contributed by atoms with Gasteiger partial charge in [-0.15, -0.1) is 0 Å². The normalized spacial score (nSPS) is 11.1. The Kier molecular flexibility index (Phi) is 6.02. The Morgan fingerprint density at radius 2 is 1.79 bits per heavy atom. The van der Waals surface area contributed by atoms with Gasteiger partial charge in [0.2, 0.25) is 5.43 Å². The first-order valence-electron chi connectivity index (χ1n) is 10.5. The molecule has 2 aromatic carbocycles. The van der Waals surface area contributed by atoms with Gasteiger partial charge in [-0.05, 0) is 42.3 Å². The molecule has 0 spiro atoms. The molecule has 9 heteroatoms. The van der Waals surface area contributed by atoms with Crippen LogP contribution in [0, 0.1) is 11.6 Å². The Hall–Kier alpha value is -4.27. The minimum absolute atomic E-state index is 0.000677. The third-order valence-electron chi connectivity index (χ3n) is 5.44. The van der Waals surface area contributed by atoms with Crippen LogP contribution in [0.1, 0.15) is 40.5 Å². The lowest BCUT2D eigenvalue weighted by molar-refractivity contribution is 0.0697. The molecule has 0 bridgehead atoms. The number of fused-ring (bicyclic) bond motifs is 2. The number of carboxylic acid groups (broad SMARTS) is 1. The van der Waals surface area contributed by atoms with Gasteiger partial charge in [0, 0.05) is 40.8 Å². The van der Waals surface area contributed by atoms with E-state index in [0.29, 0.717) is 6.54 Å². The number of phenolic OH excluding ortho intramolecular Hbond substituents is 1. The van der Waals surface area contributed by atoms with E-state index in [1.54, 1.807) is 0 Å². The second-order valence-corrected chi connectivity index (χ2v) is 7.73. The number of hydrogen-bond donors (Lipinski definition) is 3. The predicted molar refractivity (Wildman–Crippen MR) is 120 cm³/mol. The summed E-state index contributed by atoms with van der Waals surface area (Å²) in [6.07, 6.45) is 1.61.